The number of hydrogen-bond acceptors (Lipinski definition) is 2. The molecule has 0 spiro atoms. The normalized spacial score (nSPS) is 10.7. The quantitative estimate of drug-likeness (QED) is 0.782. The third-order valence-electron chi connectivity index (χ3n) is 3.25. The lowest BCUT2D eigenvalue weighted by molar-refractivity contribution is -0.133. The average Bonchev–Trinajstić information content (AvgIpc) is 2.40. The number of carbonyl (C=O) groups excluding carboxylic acids is 1. The van der Waals surface area contributed by atoms with E-state index < -0.39 is 0 Å². The molecule has 0 aliphatic carbocycles. The Hall–Kier alpha value is -1.35. The van der Waals surface area contributed by atoms with Crippen molar-refractivity contribution in [2.75, 3.05) is 13.1 Å². The van der Waals surface area contributed by atoms with Gasteiger partial charge in [-0.05, 0) is 45.2 Å². The minimum Gasteiger partial charge on any atom is -0.340 e. The van der Waals surface area contributed by atoms with Gasteiger partial charge in [-0.2, -0.15) is 0 Å². The van der Waals surface area contributed by atoms with Crippen LogP contribution in [0.25, 0.3) is 0 Å². The number of rotatable bonds is 8. The van der Waals surface area contributed by atoms with Crippen molar-refractivity contribution < 1.29 is 4.79 Å². The zero-order valence-corrected chi connectivity index (χ0v) is 12.1. The largest absolute Gasteiger partial charge is 0.340 e. The van der Waals surface area contributed by atoms with Crippen LogP contribution in [0.3, 0.4) is 0 Å². The molecule has 0 aromatic heterocycles. The number of benzene rings is 1. The Morgan fingerprint density at radius 2 is 1.89 bits per heavy atom. The number of hydrogen-bond donors (Lipinski definition) is 1. The Kier molecular flexibility index (Phi) is 7.19. The van der Waals surface area contributed by atoms with Gasteiger partial charge in [0.1, 0.15) is 0 Å². The molecule has 1 rings (SSSR count). The van der Waals surface area contributed by atoms with Gasteiger partial charge in [-0.1, -0.05) is 30.3 Å². The van der Waals surface area contributed by atoms with Crippen molar-refractivity contribution in [3.63, 3.8) is 0 Å². The van der Waals surface area contributed by atoms with Crippen molar-refractivity contribution in [1.29, 1.82) is 0 Å². The number of carbonyl (C=O) groups is 1. The van der Waals surface area contributed by atoms with Gasteiger partial charge in [0.05, 0.1) is 0 Å². The Balaban J connectivity index is 2.35. The first-order valence-corrected chi connectivity index (χ1v) is 7.18. The fourth-order valence-corrected chi connectivity index (χ4v) is 2.16. The minimum atomic E-state index is 0.249. The first-order chi connectivity index (χ1) is 9.15. The van der Waals surface area contributed by atoms with Crippen LogP contribution in [0.4, 0.5) is 0 Å². The Bertz CT molecular complexity index is 362. The van der Waals surface area contributed by atoms with Gasteiger partial charge >= 0.3 is 0 Å². The molecule has 0 radical (unpaired) electrons. The summed E-state index contributed by atoms with van der Waals surface area (Å²) in [6.07, 6.45) is 3.38. The monoisotopic (exact) mass is 262 g/mol. The van der Waals surface area contributed by atoms with E-state index in [9.17, 15) is 4.79 Å². The van der Waals surface area contributed by atoms with Crippen LogP contribution in [-0.2, 0) is 11.2 Å². The van der Waals surface area contributed by atoms with Crippen LogP contribution in [0.15, 0.2) is 30.3 Å². The maximum Gasteiger partial charge on any atom is 0.222 e. The molecule has 0 unspecified atom stereocenters. The van der Waals surface area contributed by atoms with E-state index in [4.69, 9.17) is 5.73 Å². The smallest absolute Gasteiger partial charge is 0.222 e. The van der Waals surface area contributed by atoms with E-state index in [1.807, 2.05) is 23.1 Å². The third kappa shape index (κ3) is 5.88. The van der Waals surface area contributed by atoms with Gasteiger partial charge in [-0.15, -0.1) is 0 Å². The second-order valence-corrected chi connectivity index (χ2v) is 5.16. The zero-order chi connectivity index (χ0) is 14.1. The molecule has 0 bridgehead atoms. The summed E-state index contributed by atoms with van der Waals surface area (Å²) >= 11 is 0. The topological polar surface area (TPSA) is 46.3 Å². The van der Waals surface area contributed by atoms with Crippen LogP contribution in [-0.4, -0.2) is 29.9 Å². The van der Waals surface area contributed by atoms with Crippen LogP contribution in [0, 0.1) is 0 Å². The van der Waals surface area contributed by atoms with E-state index in [0.717, 1.165) is 25.8 Å². The molecule has 0 aliphatic heterocycles. The van der Waals surface area contributed by atoms with Crippen molar-refractivity contribution in [3.05, 3.63) is 35.9 Å². The molecule has 0 saturated carbocycles. The highest BCUT2D eigenvalue weighted by molar-refractivity contribution is 5.76. The van der Waals surface area contributed by atoms with E-state index >= 15 is 0 Å². The molecule has 3 heteroatoms. The van der Waals surface area contributed by atoms with Crippen LogP contribution in [0.1, 0.15) is 38.7 Å². The molecule has 2 N–H and O–H groups in total. The van der Waals surface area contributed by atoms with Crippen LogP contribution in [0.5, 0.6) is 0 Å². The molecule has 106 valence electrons. The van der Waals surface area contributed by atoms with Crippen molar-refractivity contribution in [1.82, 2.24) is 4.90 Å². The Morgan fingerprint density at radius 1 is 1.21 bits per heavy atom. The molecule has 19 heavy (non-hydrogen) atoms. The molecule has 0 atom stereocenters. The van der Waals surface area contributed by atoms with Crippen molar-refractivity contribution in [3.8, 4) is 0 Å². The lowest BCUT2D eigenvalue weighted by Crippen LogP contribution is -2.38. The molecule has 1 amide bonds. The van der Waals surface area contributed by atoms with E-state index in [1.54, 1.807) is 0 Å². The molecule has 3 nitrogen and oxygen atoms in total. The fraction of sp³-hybridized carbons (Fsp3) is 0.562. The number of nitrogens with two attached hydrogens (primary N) is 1. The predicted octanol–water partition coefficient (Wildman–Crippen LogP) is 2.60. The van der Waals surface area contributed by atoms with Gasteiger partial charge in [-0.3, -0.25) is 4.79 Å². The highest BCUT2D eigenvalue weighted by Crippen LogP contribution is 2.08. The van der Waals surface area contributed by atoms with Crippen LogP contribution in [0.2, 0.25) is 0 Å². The summed E-state index contributed by atoms with van der Waals surface area (Å²) in [5.74, 6) is 0.249. The molecule has 0 saturated heterocycles. The Morgan fingerprint density at radius 3 is 2.47 bits per heavy atom. The average molecular weight is 262 g/mol. The second-order valence-electron chi connectivity index (χ2n) is 5.16. The van der Waals surface area contributed by atoms with E-state index in [-0.39, 0.29) is 11.9 Å². The molecule has 1 aromatic carbocycles. The molecule has 0 heterocycles. The first kappa shape index (κ1) is 15.7. The summed E-state index contributed by atoms with van der Waals surface area (Å²) in [5, 5.41) is 0. The van der Waals surface area contributed by atoms with Gasteiger partial charge < -0.3 is 10.6 Å². The molecule has 0 fully saturated rings. The van der Waals surface area contributed by atoms with Crippen molar-refractivity contribution >= 4 is 5.91 Å². The minimum absolute atomic E-state index is 0.249. The summed E-state index contributed by atoms with van der Waals surface area (Å²) in [5.41, 5.74) is 6.81. The van der Waals surface area contributed by atoms with Gasteiger partial charge in [-0.25, -0.2) is 0 Å². The van der Waals surface area contributed by atoms with E-state index in [2.05, 4.69) is 26.0 Å². The molecule has 1 aromatic rings. The summed E-state index contributed by atoms with van der Waals surface area (Å²) < 4.78 is 0. The predicted molar refractivity (Wildman–Crippen MR) is 79.9 cm³/mol. The van der Waals surface area contributed by atoms with Gasteiger partial charge in [0.25, 0.3) is 0 Å². The Labute approximate surface area is 116 Å². The van der Waals surface area contributed by atoms with Crippen molar-refractivity contribution in [2.24, 2.45) is 5.73 Å². The van der Waals surface area contributed by atoms with Crippen LogP contribution < -0.4 is 5.73 Å². The number of amides is 1. The first-order valence-electron chi connectivity index (χ1n) is 7.18. The zero-order valence-electron chi connectivity index (χ0n) is 12.1. The van der Waals surface area contributed by atoms with Gasteiger partial charge in [0.15, 0.2) is 0 Å². The maximum atomic E-state index is 12.2. The second kappa shape index (κ2) is 8.70. The highest BCUT2D eigenvalue weighted by Gasteiger charge is 2.15. The van der Waals surface area contributed by atoms with Crippen molar-refractivity contribution in [2.45, 2.75) is 45.6 Å². The SMILES string of the molecule is CC(C)N(CCCN)C(=O)CCCc1ccccc1. The van der Waals surface area contributed by atoms with E-state index in [1.165, 1.54) is 5.56 Å². The summed E-state index contributed by atoms with van der Waals surface area (Å²) in [7, 11) is 0. The summed E-state index contributed by atoms with van der Waals surface area (Å²) in [6, 6.07) is 10.6. The third-order valence-corrected chi connectivity index (χ3v) is 3.25. The summed E-state index contributed by atoms with van der Waals surface area (Å²) in [6.45, 7) is 5.54. The number of aryl methyl sites for hydroxylation is 1. The van der Waals surface area contributed by atoms with Crippen LogP contribution >= 0.6 is 0 Å². The van der Waals surface area contributed by atoms with Gasteiger partial charge in [0.2, 0.25) is 5.91 Å². The lowest BCUT2D eigenvalue weighted by Gasteiger charge is -2.26. The fourth-order valence-electron chi connectivity index (χ4n) is 2.16. The summed E-state index contributed by atoms with van der Waals surface area (Å²) in [4.78, 5) is 14.1. The van der Waals surface area contributed by atoms with Gasteiger partial charge in [0, 0.05) is 19.0 Å². The molecular weight excluding hydrogens is 236 g/mol. The standard InChI is InChI=1S/C16H26N2O/c1-14(2)18(13-7-12-17)16(19)11-6-10-15-8-4-3-5-9-15/h3-5,8-9,14H,6-7,10-13,17H2,1-2H3. The molecule has 0 aliphatic rings. The maximum absolute atomic E-state index is 12.2. The van der Waals surface area contributed by atoms with E-state index in [0.29, 0.717) is 13.0 Å². The lowest BCUT2D eigenvalue weighted by atomic mass is 10.1. The highest BCUT2D eigenvalue weighted by atomic mass is 16.2. The number of nitrogens with zero attached hydrogens (tertiary/aromatic N) is 1. The molecular formula is C16H26N2O.